The number of anilines is 1. The first kappa shape index (κ1) is 11.9. The van der Waals surface area contributed by atoms with Crippen molar-refractivity contribution >= 4 is 23.3 Å². The second kappa shape index (κ2) is 5.61. The maximum Gasteiger partial charge on any atom is 0.340 e. The van der Waals surface area contributed by atoms with Crippen LogP contribution in [0.15, 0.2) is 18.2 Å². The summed E-state index contributed by atoms with van der Waals surface area (Å²) in [4.78, 5) is 11.4. The molecule has 1 N–H and O–H groups in total. The van der Waals surface area contributed by atoms with Crippen LogP contribution < -0.4 is 5.32 Å². The Balaban J connectivity index is 3.03. The number of halogens is 1. The number of benzene rings is 1. The molecule has 0 aliphatic rings. The minimum Gasteiger partial charge on any atom is -0.465 e. The summed E-state index contributed by atoms with van der Waals surface area (Å²) in [6.45, 7) is 2.81. The minimum absolute atomic E-state index is 0.379. The van der Waals surface area contributed by atoms with E-state index >= 15 is 0 Å². The van der Waals surface area contributed by atoms with E-state index in [1.165, 1.54) is 7.11 Å². The van der Waals surface area contributed by atoms with Crippen molar-refractivity contribution in [3.63, 3.8) is 0 Å². The lowest BCUT2D eigenvalue weighted by molar-refractivity contribution is 0.0602. The highest BCUT2D eigenvalue weighted by atomic mass is 35.5. The van der Waals surface area contributed by atoms with Crippen LogP contribution in [0.2, 0.25) is 5.02 Å². The molecule has 3 nitrogen and oxygen atoms in total. The van der Waals surface area contributed by atoms with Gasteiger partial charge in [0.1, 0.15) is 0 Å². The minimum atomic E-state index is -0.379. The number of carbonyl (C=O) groups excluding carboxylic acids is 1. The molecule has 15 heavy (non-hydrogen) atoms. The number of nitrogens with one attached hydrogen (secondary N) is 1. The predicted octanol–water partition coefficient (Wildman–Crippen LogP) is 2.95. The second-order valence-corrected chi connectivity index (χ2v) is 3.49. The lowest BCUT2D eigenvalue weighted by Gasteiger charge is -2.11. The van der Waals surface area contributed by atoms with Crippen LogP contribution in [0.1, 0.15) is 23.7 Å². The van der Waals surface area contributed by atoms with Gasteiger partial charge in [0.15, 0.2) is 0 Å². The molecule has 1 aromatic carbocycles. The van der Waals surface area contributed by atoms with Gasteiger partial charge in [0, 0.05) is 6.54 Å². The van der Waals surface area contributed by atoms with Crippen LogP contribution in [0.5, 0.6) is 0 Å². The Morgan fingerprint density at radius 3 is 2.87 bits per heavy atom. The van der Waals surface area contributed by atoms with Crippen molar-refractivity contribution in [2.75, 3.05) is 19.0 Å². The van der Waals surface area contributed by atoms with Gasteiger partial charge in [0.2, 0.25) is 0 Å². The number of ether oxygens (including phenoxy) is 1. The largest absolute Gasteiger partial charge is 0.465 e. The SMILES string of the molecule is CCCNc1c(Cl)cccc1C(=O)OC. The summed E-state index contributed by atoms with van der Waals surface area (Å²) in [5, 5.41) is 3.65. The van der Waals surface area contributed by atoms with E-state index in [0.29, 0.717) is 16.3 Å². The van der Waals surface area contributed by atoms with Gasteiger partial charge < -0.3 is 10.1 Å². The monoisotopic (exact) mass is 227 g/mol. The third-order valence-electron chi connectivity index (χ3n) is 1.97. The summed E-state index contributed by atoms with van der Waals surface area (Å²) in [5.74, 6) is -0.379. The molecule has 0 saturated heterocycles. The zero-order valence-electron chi connectivity index (χ0n) is 8.84. The van der Waals surface area contributed by atoms with Gasteiger partial charge in [-0.3, -0.25) is 0 Å². The van der Waals surface area contributed by atoms with Gasteiger partial charge in [-0.1, -0.05) is 24.6 Å². The van der Waals surface area contributed by atoms with E-state index in [2.05, 4.69) is 10.1 Å². The van der Waals surface area contributed by atoms with Gasteiger partial charge in [0.05, 0.1) is 23.4 Å². The van der Waals surface area contributed by atoms with Crippen LogP contribution >= 0.6 is 11.6 Å². The number of rotatable bonds is 4. The summed E-state index contributed by atoms with van der Waals surface area (Å²) in [5.41, 5.74) is 1.12. The molecule has 0 fully saturated rings. The van der Waals surface area contributed by atoms with Crippen molar-refractivity contribution in [2.24, 2.45) is 0 Å². The van der Waals surface area contributed by atoms with Gasteiger partial charge in [-0.15, -0.1) is 0 Å². The average molecular weight is 228 g/mol. The summed E-state index contributed by atoms with van der Waals surface area (Å²) >= 11 is 6.00. The Hall–Kier alpha value is -1.22. The summed E-state index contributed by atoms with van der Waals surface area (Å²) in [7, 11) is 1.35. The Kier molecular flexibility index (Phi) is 4.43. The summed E-state index contributed by atoms with van der Waals surface area (Å²) < 4.78 is 4.67. The van der Waals surface area contributed by atoms with Crippen molar-refractivity contribution in [3.8, 4) is 0 Å². The molecule has 82 valence electrons. The van der Waals surface area contributed by atoms with E-state index in [1.807, 2.05) is 6.92 Å². The van der Waals surface area contributed by atoms with Crippen LogP contribution in [-0.2, 0) is 4.74 Å². The standard InChI is InChI=1S/C11H14ClNO2/c1-3-7-13-10-8(11(14)15-2)5-4-6-9(10)12/h4-6,13H,3,7H2,1-2H3. The van der Waals surface area contributed by atoms with E-state index in [4.69, 9.17) is 11.6 Å². The average Bonchev–Trinajstić information content (AvgIpc) is 2.26. The Bertz CT molecular complexity index is 352. The zero-order valence-corrected chi connectivity index (χ0v) is 9.60. The van der Waals surface area contributed by atoms with Gasteiger partial charge in [0.25, 0.3) is 0 Å². The molecule has 0 amide bonds. The molecule has 0 saturated carbocycles. The van der Waals surface area contributed by atoms with Crippen LogP contribution in [-0.4, -0.2) is 19.6 Å². The molecule has 0 aromatic heterocycles. The van der Waals surface area contributed by atoms with Crippen molar-refractivity contribution in [1.82, 2.24) is 0 Å². The third-order valence-corrected chi connectivity index (χ3v) is 2.29. The fourth-order valence-corrected chi connectivity index (χ4v) is 1.48. The quantitative estimate of drug-likeness (QED) is 0.804. The molecule has 0 bridgehead atoms. The van der Waals surface area contributed by atoms with E-state index in [9.17, 15) is 4.79 Å². The molecule has 4 heteroatoms. The lowest BCUT2D eigenvalue weighted by atomic mass is 10.1. The van der Waals surface area contributed by atoms with Crippen LogP contribution in [0.25, 0.3) is 0 Å². The van der Waals surface area contributed by atoms with Crippen LogP contribution in [0, 0.1) is 0 Å². The second-order valence-electron chi connectivity index (χ2n) is 3.08. The zero-order chi connectivity index (χ0) is 11.3. The smallest absolute Gasteiger partial charge is 0.340 e. The van der Waals surface area contributed by atoms with Gasteiger partial charge in [-0.05, 0) is 18.6 Å². The first-order chi connectivity index (χ1) is 7.20. The van der Waals surface area contributed by atoms with Crippen molar-refractivity contribution in [2.45, 2.75) is 13.3 Å². The highest BCUT2D eigenvalue weighted by Crippen LogP contribution is 2.26. The van der Waals surface area contributed by atoms with Crippen molar-refractivity contribution in [1.29, 1.82) is 0 Å². The normalized spacial score (nSPS) is 9.80. The van der Waals surface area contributed by atoms with E-state index in [1.54, 1.807) is 18.2 Å². The molecule has 0 radical (unpaired) electrons. The predicted molar refractivity (Wildman–Crippen MR) is 61.6 cm³/mol. The highest BCUT2D eigenvalue weighted by molar-refractivity contribution is 6.34. The first-order valence-electron chi connectivity index (χ1n) is 4.81. The summed E-state index contributed by atoms with van der Waals surface area (Å²) in [6.07, 6.45) is 0.964. The molecule has 0 atom stereocenters. The maximum atomic E-state index is 11.4. The fourth-order valence-electron chi connectivity index (χ4n) is 1.23. The molecular weight excluding hydrogens is 214 g/mol. The Morgan fingerprint density at radius 2 is 2.27 bits per heavy atom. The highest BCUT2D eigenvalue weighted by Gasteiger charge is 2.13. The van der Waals surface area contributed by atoms with Gasteiger partial charge in [-0.25, -0.2) is 4.79 Å². The van der Waals surface area contributed by atoms with Crippen molar-refractivity contribution in [3.05, 3.63) is 28.8 Å². The number of methoxy groups -OCH3 is 1. The molecule has 0 aliphatic carbocycles. The Labute approximate surface area is 94.4 Å². The first-order valence-corrected chi connectivity index (χ1v) is 5.19. The molecule has 1 rings (SSSR count). The molecule has 0 spiro atoms. The molecule has 1 aromatic rings. The number of hydrogen-bond donors (Lipinski definition) is 1. The molecular formula is C11H14ClNO2. The van der Waals surface area contributed by atoms with Gasteiger partial charge in [-0.2, -0.15) is 0 Å². The number of para-hydroxylation sites is 1. The number of hydrogen-bond acceptors (Lipinski definition) is 3. The Morgan fingerprint density at radius 1 is 1.53 bits per heavy atom. The molecule has 0 unspecified atom stereocenters. The third kappa shape index (κ3) is 2.86. The van der Waals surface area contributed by atoms with Crippen LogP contribution in [0.3, 0.4) is 0 Å². The fraction of sp³-hybridized carbons (Fsp3) is 0.364. The molecule has 0 aliphatic heterocycles. The number of esters is 1. The van der Waals surface area contributed by atoms with E-state index < -0.39 is 0 Å². The van der Waals surface area contributed by atoms with E-state index in [0.717, 1.165) is 13.0 Å². The maximum absolute atomic E-state index is 11.4. The molecule has 0 heterocycles. The summed E-state index contributed by atoms with van der Waals surface area (Å²) in [6, 6.07) is 5.16. The van der Waals surface area contributed by atoms with Crippen molar-refractivity contribution < 1.29 is 9.53 Å². The van der Waals surface area contributed by atoms with Crippen LogP contribution in [0.4, 0.5) is 5.69 Å². The lowest BCUT2D eigenvalue weighted by Crippen LogP contribution is -2.09. The van der Waals surface area contributed by atoms with E-state index in [-0.39, 0.29) is 5.97 Å². The number of carbonyl (C=O) groups is 1. The van der Waals surface area contributed by atoms with Gasteiger partial charge >= 0.3 is 5.97 Å². The topological polar surface area (TPSA) is 38.3 Å².